The first-order chi connectivity index (χ1) is 10.9. The van der Waals surface area contributed by atoms with Crippen LogP contribution in [0.5, 0.6) is 0 Å². The molecule has 0 bridgehead atoms. The molecule has 0 aliphatic rings. The maximum absolute atomic E-state index is 11.9. The number of amides is 3. The molecule has 0 spiro atoms. The maximum Gasteiger partial charge on any atom is 0.321 e. The van der Waals surface area contributed by atoms with Crippen molar-refractivity contribution in [1.82, 2.24) is 10.6 Å². The number of carbonyl (C=O) groups is 2. The minimum atomic E-state index is -0.541. The van der Waals surface area contributed by atoms with Crippen molar-refractivity contribution in [3.8, 4) is 0 Å². The molecule has 0 saturated carbocycles. The highest BCUT2D eigenvalue weighted by atomic mass is 16.3. The van der Waals surface area contributed by atoms with Crippen LogP contribution in [-0.4, -0.2) is 25.5 Å². The quantitative estimate of drug-likeness (QED) is 0.888. The van der Waals surface area contributed by atoms with E-state index >= 15 is 0 Å². The van der Waals surface area contributed by atoms with Crippen LogP contribution in [0.15, 0.2) is 41.0 Å². The van der Waals surface area contributed by atoms with Gasteiger partial charge in [-0.3, -0.25) is 10.1 Å². The first kappa shape index (κ1) is 16.6. The molecular weight excluding hydrogens is 294 g/mol. The van der Waals surface area contributed by atoms with E-state index < -0.39 is 6.03 Å². The maximum atomic E-state index is 11.9. The summed E-state index contributed by atoms with van der Waals surface area (Å²) in [6.07, 6.45) is 1.53. The summed E-state index contributed by atoms with van der Waals surface area (Å²) in [6.45, 7) is 4.34. The van der Waals surface area contributed by atoms with Gasteiger partial charge >= 0.3 is 6.03 Å². The van der Waals surface area contributed by atoms with Gasteiger partial charge in [-0.15, -0.1) is 0 Å². The summed E-state index contributed by atoms with van der Waals surface area (Å²) in [5.74, 6) is 0.253. The van der Waals surface area contributed by atoms with Crippen LogP contribution in [0.4, 0.5) is 10.5 Å². The topological polar surface area (TPSA) is 74.6 Å². The van der Waals surface area contributed by atoms with Gasteiger partial charge in [-0.25, -0.2) is 4.79 Å². The van der Waals surface area contributed by atoms with Crippen molar-refractivity contribution in [2.45, 2.75) is 20.4 Å². The third-order valence-corrected chi connectivity index (χ3v) is 3.28. The molecule has 6 heteroatoms. The van der Waals surface area contributed by atoms with E-state index in [0.29, 0.717) is 5.76 Å². The fourth-order valence-electron chi connectivity index (χ4n) is 2.27. The van der Waals surface area contributed by atoms with Crippen LogP contribution in [0.1, 0.15) is 16.9 Å². The molecule has 122 valence electrons. The van der Waals surface area contributed by atoms with Gasteiger partial charge in [0.05, 0.1) is 19.4 Å². The minimum absolute atomic E-state index is 0.0943. The van der Waals surface area contributed by atoms with Gasteiger partial charge in [0.25, 0.3) is 0 Å². The van der Waals surface area contributed by atoms with Crippen LogP contribution in [0.3, 0.4) is 0 Å². The Hall–Kier alpha value is -2.76. The van der Waals surface area contributed by atoms with Gasteiger partial charge in [-0.2, -0.15) is 0 Å². The van der Waals surface area contributed by atoms with Crippen LogP contribution in [0.25, 0.3) is 0 Å². The largest absolute Gasteiger partial charge is 0.467 e. The van der Waals surface area contributed by atoms with Gasteiger partial charge in [0, 0.05) is 12.7 Å². The van der Waals surface area contributed by atoms with Crippen molar-refractivity contribution in [2.75, 3.05) is 18.5 Å². The summed E-state index contributed by atoms with van der Waals surface area (Å²) >= 11 is 0. The molecule has 23 heavy (non-hydrogen) atoms. The summed E-state index contributed by atoms with van der Waals surface area (Å²) in [5, 5.41) is 4.86. The van der Waals surface area contributed by atoms with Gasteiger partial charge in [-0.05, 0) is 49.2 Å². The second-order valence-corrected chi connectivity index (χ2v) is 5.51. The number of rotatable bonds is 5. The molecule has 2 rings (SSSR count). The van der Waals surface area contributed by atoms with Crippen LogP contribution >= 0.6 is 0 Å². The summed E-state index contributed by atoms with van der Waals surface area (Å²) in [7, 11) is 1.81. The second kappa shape index (κ2) is 7.49. The summed E-state index contributed by atoms with van der Waals surface area (Å²) < 4.78 is 5.10. The van der Waals surface area contributed by atoms with Crippen molar-refractivity contribution in [3.05, 3.63) is 53.5 Å². The number of hydrogen-bond acceptors (Lipinski definition) is 4. The molecule has 1 heterocycles. The zero-order valence-corrected chi connectivity index (χ0v) is 13.6. The Morgan fingerprint density at radius 2 is 1.87 bits per heavy atom. The van der Waals surface area contributed by atoms with Crippen LogP contribution < -0.4 is 15.5 Å². The monoisotopic (exact) mass is 315 g/mol. The van der Waals surface area contributed by atoms with Gasteiger partial charge in [0.2, 0.25) is 5.91 Å². The van der Waals surface area contributed by atoms with Crippen molar-refractivity contribution < 1.29 is 14.0 Å². The minimum Gasteiger partial charge on any atom is -0.467 e. The van der Waals surface area contributed by atoms with E-state index in [1.165, 1.54) is 6.26 Å². The van der Waals surface area contributed by atoms with Crippen LogP contribution in [0.2, 0.25) is 0 Å². The zero-order valence-electron chi connectivity index (χ0n) is 13.6. The Labute approximate surface area is 135 Å². The fraction of sp³-hybridized carbons (Fsp3) is 0.294. The average Bonchev–Trinajstić information content (AvgIpc) is 2.97. The van der Waals surface area contributed by atoms with Gasteiger partial charge in [0.1, 0.15) is 5.76 Å². The number of carbonyl (C=O) groups excluding carboxylic acids is 2. The Morgan fingerprint density at radius 1 is 1.17 bits per heavy atom. The summed E-state index contributed by atoms with van der Waals surface area (Å²) in [5.41, 5.74) is 3.19. The van der Waals surface area contributed by atoms with E-state index in [0.717, 1.165) is 16.8 Å². The van der Waals surface area contributed by atoms with Crippen molar-refractivity contribution in [3.63, 3.8) is 0 Å². The highest BCUT2D eigenvalue weighted by Crippen LogP contribution is 2.17. The predicted octanol–water partition coefficient (Wildman–Crippen LogP) is 2.36. The molecule has 0 aliphatic heterocycles. The molecular formula is C17H21N3O3. The first-order valence-electron chi connectivity index (χ1n) is 7.33. The Kier molecular flexibility index (Phi) is 5.41. The molecule has 2 aromatic rings. The third kappa shape index (κ3) is 5.18. The number of nitrogens with zero attached hydrogens (tertiary/aromatic N) is 1. The molecule has 0 saturated heterocycles. The van der Waals surface area contributed by atoms with E-state index in [-0.39, 0.29) is 19.0 Å². The normalized spacial score (nSPS) is 10.2. The Morgan fingerprint density at radius 3 is 2.48 bits per heavy atom. The SMILES string of the molecule is Cc1cc(C)cc(N(C)CC(=O)NC(=O)NCc2ccco2)c1. The lowest BCUT2D eigenvalue weighted by Gasteiger charge is -2.19. The third-order valence-electron chi connectivity index (χ3n) is 3.28. The predicted molar refractivity (Wildman–Crippen MR) is 88.3 cm³/mol. The number of furan rings is 1. The van der Waals surface area contributed by atoms with Crippen LogP contribution in [0, 0.1) is 13.8 Å². The van der Waals surface area contributed by atoms with Crippen molar-refractivity contribution in [2.24, 2.45) is 0 Å². The molecule has 2 N–H and O–H groups in total. The molecule has 0 atom stereocenters. The lowest BCUT2D eigenvalue weighted by molar-refractivity contribution is -0.118. The zero-order chi connectivity index (χ0) is 16.8. The highest BCUT2D eigenvalue weighted by Gasteiger charge is 2.11. The van der Waals surface area contributed by atoms with E-state index in [4.69, 9.17) is 4.42 Å². The highest BCUT2D eigenvalue weighted by molar-refractivity contribution is 5.96. The standard InChI is InChI=1S/C17H21N3O3/c1-12-7-13(2)9-14(8-12)20(3)11-16(21)19-17(22)18-10-15-5-4-6-23-15/h4-9H,10-11H2,1-3H3,(H2,18,19,21,22). The van der Waals surface area contributed by atoms with Crippen LogP contribution in [-0.2, 0) is 11.3 Å². The molecule has 1 aromatic heterocycles. The number of aryl methyl sites for hydroxylation is 2. The molecule has 6 nitrogen and oxygen atoms in total. The van der Waals surface area contributed by atoms with Gasteiger partial charge in [0.15, 0.2) is 0 Å². The molecule has 0 unspecified atom stereocenters. The molecule has 0 fully saturated rings. The fourth-order valence-corrected chi connectivity index (χ4v) is 2.27. The summed E-state index contributed by atoms with van der Waals surface area (Å²) in [4.78, 5) is 25.4. The first-order valence-corrected chi connectivity index (χ1v) is 7.33. The number of hydrogen-bond donors (Lipinski definition) is 2. The van der Waals surface area contributed by atoms with E-state index in [9.17, 15) is 9.59 Å². The number of imide groups is 1. The average molecular weight is 315 g/mol. The van der Waals surface area contributed by atoms with Gasteiger partial charge < -0.3 is 14.6 Å². The van der Waals surface area contributed by atoms with E-state index in [1.807, 2.05) is 33.0 Å². The molecule has 0 aliphatic carbocycles. The van der Waals surface area contributed by atoms with Crippen molar-refractivity contribution in [1.29, 1.82) is 0 Å². The Bertz CT molecular complexity index is 660. The van der Waals surface area contributed by atoms with Gasteiger partial charge in [-0.1, -0.05) is 6.07 Å². The molecule has 0 radical (unpaired) electrons. The number of benzene rings is 1. The van der Waals surface area contributed by atoms with E-state index in [2.05, 4.69) is 16.7 Å². The summed E-state index contributed by atoms with van der Waals surface area (Å²) in [6, 6.07) is 9.00. The lowest BCUT2D eigenvalue weighted by atomic mass is 10.1. The second-order valence-electron chi connectivity index (χ2n) is 5.51. The number of nitrogens with one attached hydrogen (secondary N) is 2. The number of urea groups is 1. The molecule has 3 amide bonds. The number of anilines is 1. The smallest absolute Gasteiger partial charge is 0.321 e. The Balaban J connectivity index is 1.82. The molecule has 1 aromatic carbocycles. The van der Waals surface area contributed by atoms with E-state index in [1.54, 1.807) is 17.0 Å². The number of likely N-dealkylation sites (N-methyl/N-ethyl adjacent to an activating group) is 1. The van der Waals surface area contributed by atoms with Crippen molar-refractivity contribution >= 4 is 17.6 Å². The lowest BCUT2D eigenvalue weighted by Crippen LogP contribution is -2.43.